The van der Waals surface area contributed by atoms with Crippen LogP contribution in [0.5, 0.6) is 0 Å². The van der Waals surface area contributed by atoms with E-state index < -0.39 is 0 Å². The number of hydrogen-bond donors (Lipinski definition) is 1. The summed E-state index contributed by atoms with van der Waals surface area (Å²) in [4.78, 5) is 17.5. The maximum atomic E-state index is 4.82. The maximum Gasteiger partial charge on any atom is 0.214 e. The van der Waals surface area contributed by atoms with Gasteiger partial charge in [-0.25, -0.2) is 15.0 Å². The number of hydrogen-bond acceptors (Lipinski definition) is 7. The highest BCUT2D eigenvalue weighted by Crippen LogP contribution is 2.38. The Kier molecular flexibility index (Phi) is 4.11. The summed E-state index contributed by atoms with van der Waals surface area (Å²) >= 11 is 4.87. The van der Waals surface area contributed by atoms with Crippen molar-refractivity contribution in [1.82, 2.24) is 25.1 Å². The molecule has 4 aromatic rings. The molecule has 5 nitrogen and oxygen atoms in total. The molecule has 0 saturated heterocycles. The molecule has 0 aliphatic rings. The van der Waals surface area contributed by atoms with Crippen LogP contribution in [0, 0.1) is 13.8 Å². The molecule has 0 fully saturated rings. The third kappa shape index (κ3) is 2.74. The molecule has 8 heteroatoms. The van der Waals surface area contributed by atoms with E-state index in [1.807, 2.05) is 11.4 Å². The van der Waals surface area contributed by atoms with Gasteiger partial charge in [-0.1, -0.05) is 13.0 Å². The van der Waals surface area contributed by atoms with E-state index in [0.717, 1.165) is 38.2 Å². The molecule has 0 unspecified atom stereocenters. The summed E-state index contributed by atoms with van der Waals surface area (Å²) in [6.07, 6.45) is 0.837. The number of H-pyrrole nitrogens is 1. The molecule has 0 amide bonds. The van der Waals surface area contributed by atoms with Crippen LogP contribution in [0.2, 0.25) is 0 Å². The quantitative estimate of drug-likeness (QED) is 0.517. The van der Waals surface area contributed by atoms with Crippen LogP contribution in [-0.4, -0.2) is 25.1 Å². The zero-order valence-electron chi connectivity index (χ0n) is 13.5. The van der Waals surface area contributed by atoms with Crippen LogP contribution in [0.1, 0.15) is 23.2 Å². The van der Waals surface area contributed by atoms with E-state index in [4.69, 9.17) is 9.97 Å². The van der Waals surface area contributed by atoms with Gasteiger partial charge in [-0.3, -0.25) is 5.10 Å². The first-order chi connectivity index (χ1) is 11.7. The highest BCUT2D eigenvalue weighted by atomic mass is 32.2. The van der Waals surface area contributed by atoms with E-state index >= 15 is 0 Å². The van der Waals surface area contributed by atoms with Crippen molar-refractivity contribution < 1.29 is 0 Å². The van der Waals surface area contributed by atoms with Crippen LogP contribution in [0.15, 0.2) is 27.7 Å². The van der Waals surface area contributed by atoms with Crippen LogP contribution in [-0.2, 0) is 6.42 Å². The van der Waals surface area contributed by atoms with Crippen molar-refractivity contribution >= 4 is 44.7 Å². The highest BCUT2D eigenvalue weighted by molar-refractivity contribution is 7.99. The second-order valence-corrected chi connectivity index (χ2v) is 8.42. The maximum absolute atomic E-state index is 4.82. The van der Waals surface area contributed by atoms with E-state index in [1.165, 1.54) is 22.2 Å². The summed E-state index contributed by atoms with van der Waals surface area (Å²) in [7, 11) is 0. The van der Waals surface area contributed by atoms with Gasteiger partial charge in [-0.2, -0.15) is 0 Å². The van der Waals surface area contributed by atoms with Gasteiger partial charge in [-0.05, 0) is 42.6 Å². The molecule has 0 aromatic carbocycles. The van der Waals surface area contributed by atoms with Crippen LogP contribution in [0.25, 0.3) is 20.9 Å². The zero-order valence-corrected chi connectivity index (χ0v) is 15.9. The van der Waals surface area contributed by atoms with Crippen molar-refractivity contribution in [2.45, 2.75) is 37.4 Å². The third-order valence-electron chi connectivity index (χ3n) is 3.77. The number of aromatic amines is 1. The Bertz CT molecular complexity index is 1000. The Morgan fingerprint density at radius 3 is 2.79 bits per heavy atom. The predicted molar refractivity (Wildman–Crippen MR) is 100 cm³/mol. The summed E-state index contributed by atoms with van der Waals surface area (Å²) in [5.74, 6) is 1.66. The molecule has 0 atom stereocenters. The van der Waals surface area contributed by atoms with E-state index in [2.05, 4.69) is 42.0 Å². The fraction of sp³-hybridized carbons (Fsp3) is 0.250. The molecule has 122 valence electrons. The number of aromatic nitrogens is 5. The van der Waals surface area contributed by atoms with E-state index in [9.17, 15) is 0 Å². The molecular weight excluding hydrogens is 358 g/mol. The predicted octanol–water partition coefficient (Wildman–Crippen LogP) is 4.87. The number of fused-ring (bicyclic) bond motifs is 1. The van der Waals surface area contributed by atoms with Gasteiger partial charge in [0.15, 0.2) is 5.82 Å². The fourth-order valence-corrected chi connectivity index (χ4v) is 5.03. The smallest absolute Gasteiger partial charge is 0.214 e. The van der Waals surface area contributed by atoms with E-state index in [1.54, 1.807) is 22.7 Å². The van der Waals surface area contributed by atoms with E-state index in [0.29, 0.717) is 5.16 Å². The van der Waals surface area contributed by atoms with Crippen molar-refractivity contribution in [1.29, 1.82) is 0 Å². The lowest BCUT2D eigenvalue weighted by Gasteiger charge is -2.04. The van der Waals surface area contributed by atoms with Crippen LogP contribution in [0.3, 0.4) is 0 Å². The Balaban J connectivity index is 1.87. The van der Waals surface area contributed by atoms with Crippen LogP contribution in [0.4, 0.5) is 0 Å². The summed E-state index contributed by atoms with van der Waals surface area (Å²) < 4.78 is 0. The normalized spacial score (nSPS) is 11.5. The number of aryl methyl sites for hydroxylation is 3. The average molecular weight is 374 g/mol. The molecule has 4 heterocycles. The van der Waals surface area contributed by atoms with Gasteiger partial charge in [-0.15, -0.1) is 27.8 Å². The second-order valence-electron chi connectivity index (χ2n) is 5.31. The molecule has 0 aliphatic heterocycles. The number of nitrogens with one attached hydrogen (secondary N) is 1. The zero-order chi connectivity index (χ0) is 16.7. The average Bonchev–Trinajstić information content (AvgIpc) is 3.29. The molecule has 24 heavy (non-hydrogen) atoms. The Labute approximate surface area is 151 Å². The minimum absolute atomic E-state index is 0.701. The lowest BCUT2D eigenvalue weighted by atomic mass is 10.2. The van der Waals surface area contributed by atoms with Gasteiger partial charge in [0.05, 0.1) is 4.88 Å². The molecule has 0 saturated carbocycles. The molecule has 1 N–H and O–H groups in total. The number of rotatable bonds is 4. The second kappa shape index (κ2) is 6.27. The monoisotopic (exact) mass is 373 g/mol. The molecule has 0 spiro atoms. The van der Waals surface area contributed by atoms with Crippen molar-refractivity contribution in [3.05, 3.63) is 33.8 Å². The van der Waals surface area contributed by atoms with Crippen molar-refractivity contribution in [2.24, 2.45) is 0 Å². The summed E-state index contributed by atoms with van der Waals surface area (Å²) in [6.45, 7) is 6.31. The number of nitrogens with zero attached hydrogens (tertiary/aromatic N) is 4. The van der Waals surface area contributed by atoms with Gasteiger partial charge in [0, 0.05) is 16.7 Å². The Morgan fingerprint density at radius 1 is 1.21 bits per heavy atom. The van der Waals surface area contributed by atoms with Crippen molar-refractivity contribution in [2.75, 3.05) is 0 Å². The van der Waals surface area contributed by atoms with Gasteiger partial charge >= 0.3 is 0 Å². The van der Waals surface area contributed by atoms with E-state index in [-0.39, 0.29) is 0 Å². The lowest BCUT2D eigenvalue weighted by Crippen LogP contribution is -1.92. The first-order valence-corrected chi connectivity index (χ1v) is 10.1. The third-order valence-corrected chi connectivity index (χ3v) is 6.59. The lowest BCUT2D eigenvalue weighted by molar-refractivity contribution is 0.940. The SMILES string of the molecule is CCc1nc(Sc2nc(-c3cccs3)nc3sc(C)c(C)c23)n[nH]1. The van der Waals surface area contributed by atoms with Crippen molar-refractivity contribution in [3.8, 4) is 10.7 Å². The summed E-state index contributed by atoms with van der Waals surface area (Å²) in [5, 5.41) is 12.0. The van der Waals surface area contributed by atoms with Gasteiger partial charge in [0.1, 0.15) is 15.7 Å². The molecule has 0 bridgehead atoms. The number of thiophene rings is 2. The Hall–Kier alpha value is -1.77. The fourth-order valence-electron chi connectivity index (χ4n) is 2.37. The minimum atomic E-state index is 0.701. The van der Waals surface area contributed by atoms with Gasteiger partial charge in [0.2, 0.25) is 5.16 Å². The van der Waals surface area contributed by atoms with Crippen molar-refractivity contribution in [3.63, 3.8) is 0 Å². The summed E-state index contributed by atoms with van der Waals surface area (Å²) in [5.41, 5.74) is 1.24. The minimum Gasteiger partial charge on any atom is -0.262 e. The largest absolute Gasteiger partial charge is 0.262 e. The van der Waals surface area contributed by atoms with Gasteiger partial charge in [0.25, 0.3) is 0 Å². The molecule has 0 aliphatic carbocycles. The van der Waals surface area contributed by atoms with Crippen LogP contribution < -0.4 is 0 Å². The first kappa shape index (κ1) is 15.7. The van der Waals surface area contributed by atoms with Gasteiger partial charge < -0.3 is 0 Å². The molecule has 0 radical (unpaired) electrons. The summed E-state index contributed by atoms with van der Waals surface area (Å²) in [6, 6.07) is 4.07. The topological polar surface area (TPSA) is 67.3 Å². The Morgan fingerprint density at radius 2 is 2.08 bits per heavy atom. The van der Waals surface area contributed by atoms with Crippen LogP contribution >= 0.6 is 34.4 Å². The molecule has 4 aromatic heterocycles. The standard InChI is InChI=1S/C16H15N5S3/c1-4-11-17-16(21-20-11)24-15-12-8(2)9(3)23-14(12)18-13(19-15)10-6-5-7-22-10/h5-7H,4H2,1-3H3,(H,17,20,21). The highest BCUT2D eigenvalue weighted by Gasteiger charge is 2.18. The molecule has 4 rings (SSSR count). The molecular formula is C16H15N5S3. The first-order valence-electron chi connectivity index (χ1n) is 7.56.